The molecular weight excluding hydrogens is 256 g/mol. The Morgan fingerprint density at radius 3 is 2.65 bits per heavy atom. The Hall–Kier alpha value is -0.650. The molecule has 0 spiro atoms. The van der Waals surface area contributed by atoms with Gasteiger partial charge in [-0.3, -0.25) is 15.0 Å². The van der Waals surface area contributed by atoms with Crippen molar-refractivity contribution in [2.24, 2.45) is 0 Å². The molecule has 5 heteroatoms. The zero-order valence-electron chi connectivity index (χ0n) is 13.8. The van der Waals surface area contributed by atoms with Gasteiger partial charge in [-0.25, -0.2) is 0 Å². The first-order valence-electron chi connectivity index (χ1n) is 7.50. The number of hydrogen-bond donors (Lipinski definition) is 1. The van der Waals surface area contributed by atoms with Crippen molar-refractivity contribution in [2.75, 3.05) is 32.8 Å². The van der Waals surface area contributed by atoms with Crippen LogP contribution in [0.4, 0.5) is 0 Å². The molecule has 0 amide bonds. The lowest BCUT2D eigenvalue weighted by Gasteiger charge is -2.42. The molecule has 1 fully saturated rings. The Morgan fingerprint density at radius 1 is 1.50 bits per heavy atom. The van der Waals surface area contributed by atoms with Gasteiger partial charge in [0.25, 0.3) is 0 Å². The number of rotatable bonds is 6. The summed E-state index contributed by atoms with van der Waals surface area (Å²) < 4.78 is 11.0. The van der Waals surface area contributed by atoms with Gasteiger partial charge in [0, 0.05) is 25.7 Å². The van der Waals surface area contributed by atoms with Gasteiger partial charge in [0.15, 0.2) is 0 Å². The number of nitrogens with one attached hydrogen (secondary N) is 1. The van der Waals surface area contributed by atoms with Crippen LogP contribution in [0.2, 0.25) is 0 Å². The molecule has 1 heterocycles. The van der Waals surface area contributed by atoms with Crippen LogP contribution in [-0.2, 0) is 14.3 Å². The third-order valence-electron chi connectivity index (χ3n) is 3.38. The Kier molecular flexibility index (Phi) is 5.98. The van der Waals surface area contributed by atoms with E-state index in [1.165, 1.54) is 0 Å². The van der Waals surface area contributed by atoms with Gasteiger partial charge in [-0.1, -0.05) is 0 Å². The molecule has 1 rings (SSSR count). The Bertz CT molecular complexity index is 331. The highest BCUT2D eigenvalue weighted by molar-refractivity contribution is 5.80. The summed E-state index contributed by atoms with van der Waals surface area (Å²) in [4.78, 5) is 14.6. The summed E-state index contributed by atoms with van der Waals surface area (Å²) in [7, 11) is 0. The van der Waals surface area contributed by atoms with Crippen molar-refractivity contribution in [3.05, 3.63) is 0 Å². The molecule has 0 aliphatic carbocycles. The standard InChI is InChI=1S/C15H30N2O3/c1-7-19-13(18)15(6,16-12(2)3)11-17-8-9-20-14(4,5)10-17/h12,16H,7-11H2,1-6H3. The van der Waals surface area contributed by atoms with E-state index in [1.807, 2.05) is 27.7 Å². The lowest BCUT2D eigenvalue weighted by Crippen LogP contribution is -2.62. The van der Waals surface area contributed by atoms with Gasteiger partial charge in [-0.05, 0) is 41.5 Å². The number of hydrogen-bond acceptors (Lipinski definition) is 5. The predicted molar refractivity (Wildman–Crippen MR) is 79.8 cm³/mol. The lowest BCUT2D eigenvalue weighted by atomic mass is 9.98. The van der Waals surface area contributed by atoms with Crippen molar-refractivity contribution in [2.45, 2.75) is 58.7 Å². The summed E-state index contributed by atoms with van der Waals surface area (Å²) in [6.07, 6.45) is 0. The number of ether oxygens (including phenoxy) is 2. The van der Waals surface area contributed by atoms with Gasteiger partial charge in [0.1, 0.15) is 5.54 Å². The summed E-state index contributed by atoms with van der Waals surface area (Å²) >= 11 is 0. The highest BCUT2D eigenvalue weighted by Crippen LogP contribution is 2.19. The minimum atomic E-state index is -0.683. The Balaban J connectivity index is 2.76. The maximum atomic E-state index is 12.3. The first-order valence-corrected chi connectivity index (χ1v) is 7.50. The smallest absolute Gasteiger partial charge is 0.327 e. The van der Waals surface area contributed by atoms with E-state index in [1.54, 1.807) is 0 Å². The van der Waals surface area contributed by atoms with Crippen molar-refractivity contribution in [3.63, 3.8) is 0 Å². The maximum absolute atomic E-state index is 12.3. The fourth-order valence-electron chi connectivity index (χ4n) is 2.79. The van der Waals surface area contributed by atoms with Crippen molar-refractivity contribution >= 4 is 5.97 Å². The molecule has 20 heavy (non-hydrogen) atoms. The molecule has 118 valence electrons. The summed E-state index contributed by atoms with van der Waals surface area (Å²) in [6.45, 7) is 15.4. The van der Waals surface area contributed by atoms with E-state index in [0.717, 1.165) is 13.1 Å². The molecular formula is C15H30N2O3. The minimum Gasteiger partial charge on any atom is -0.465 e. The van der Waals surface area contributed by atoms with Crippen LogP contribution >= 0.6 is 0 Å². The number of carbonyl (C=O) groups is 1. The Morgan fingerprint density at radius 2 is 2.15 bits per heavy atom. The third-order valence-corrected chi connectivity index (χ3v) is 3.38. The van der Waals surface area contributed by atoms with Gasteiger partial charge in [-0.15, -0.1) is 0 Å². The van der Waals surface area contributed by atoms with Crippen LogP contribution in [0.25, 0.3) is 0 Å². The highest BCUT2D eigenvalue weighted by Gasteiger charge is 2.39. The van der Waals surface area contributed by atoms with E-state index in [-0.39, 0.29) is 17.6 Å². The van der Waals surface area contributed by atoms with E-state index in [2.05, 4.69) is 24.1 Å². The van der Waals surface area contributed by atoms with Crippen LogP contribution in [0.5, 0.6) is 0 Å². The van der Waals surface area contributed by atoms with E-state index < -0.39 is 5.54 Å². The van der Waals surface area contributed by atoms with Crippen LogP contribution < -0.4 is 5.32 Å². The normalized spacial score (nSPS) is 22.6. The van der Waals surface area contributed by atoms with E-state index >= 15 is 0 Å². The average Bonchev–Trinajstić information content (AvgIpc) is 2.26. The fraction of sp³-hybridized carbons (Fsp3) is 0.933. The average molecular weight is 286 g/mol. The van der Waals surface area contributed by atoms with Crippen LogP contribution in [0.1, 0.15) is 41.5 Å². The molecule has 0 radical (unpaired) electrons. The topological polar surface area (TPSA) is 50.8 Å². The summed E-state index contributed by atoms with van der Waals surface area (Å²) in [5.74, 6) is -0.182. The van der Waals surface area contributed by atoms with Crippen LogP contribution in [0, 0.1) is 0 Å². The SMILES string of the molecule is CCOC(=O)C(C)(CN1CCOC(C)(C)C1)NC(C)C. The molecule has 1 aliphatic rings. The largest absolute Gasteiger partial charge is 0.465 e. The molecule has 0 aromatic rings. The van der Waals surface area contributed by atoms with Gasteiger partial charge in [0.05, 0.1) is 18.8 Å². The first-order chi connectivity index (χ1) is 9.18. The summed E-state index contributed by atoms with van der Waals surface area (Å²) in [5, 5.41) is 3.36. The monoisotopic (exact) mass is 286 g/mol. The minimum absolute atomic E-state index is 0.161. The predicted octanol–water partition coefficient (Wildman–Crippen LogP) is 1.42. The van der Waals surface area contributed by atoms with Crippen LogP contribution in [-0.4, -0.2) is 60.9 Å². The summed E-state index contributed by atoms with van der Waals surface area (Å²) in [6, 6.07) is 0.221. The number of nitrogens with zero attached hydrogens (tertiary/aromatic N) is 1. The third kappa shape index (κ3) is 5.04. The second kappa shape index (κ2) is 6.87. The zero-order valence-corrected chi connectivity index (χ0v) is 13.8. The van der Waals surface area contributed by atoms with Crippen molar-refractivity contribution in [1.82, 2.24) is 10.2 Å². The Labute approximate surface area is 123 Å². The molecule has 5 nitrogen and oxygen atoms in total. The molecule has 1 saturated heterocycles. The molecule has 1 aliphatic heterocycles. The highest BCUT2D eigenvalue weighted by atomic mass is 16.5. The van der Waals surface area contributed by atoms with Gasteiger partial charge in [0.2, 0.25) is 0 Å². The van der Waals surface area contributed by atoms with Crippen LogP contribution in [0.15, 0.2) is 0 Å². The van der Waals surface area contributed by atoms with Crippen molar-refractivity contribution in [1.29, 1.82) is 0 Å². The second-order valence-electron chi connectivity index (χ2n) is 6.67. The van der Waals surface area contributed by atoms with Gasteiger partial charge >= 0.3 is 5.97 Å². The van der Waals surface area contributed by atoms with E-state index in [9.17, 15) is 4.79 Å². The van der Waals surface area contributed by atoms with Gasteiger partial charge < -0.3 is 9.47 Å². The molecule has 0 aromatic heterocycles. The first kappa shape index (κ1) is 17.4. The molecule has 1 atom stereocenters. The van der Waals surface area contributed by atoms with Gasteiger partial charge in [-0.2, -0.15) is 0 Å². The molecule has 1 unspecified atom stereocenters. The van der Waals surface area contributed by atoms with Crippen molar-refractivity contribution < 1.29 is 14.3 Å². The zero-order chi connectivity index (χ0) is 15.4. The maximum Gasteiger partial charge on any atom is 0.327 e. The number of esters is 1. The molecule has 0 aromatic carbocycles. The van der Waals surface area contributed by atoms with E-state index in [0.29, 0.717) is 19.8 Å². The molecule has 0 bridgehead atoms. The van der Waals surface area contributed by atoms with E-state index in [4.69, 9.17) is 9.47 Å². The molecule has 0 saturated carbocycles. The lowest BCUT2D eigenvalue weighted by molar-refractivity contribution is -0.154. The van der Waals surface area contributed by atoms with Crippen LogP contribution in [0.3, 0.4) is 0 Å². The number of carbonyl (C=O) groups excluding carboxylic acids is 1. The second-order valence-corrected chi connectivity index (χ2v) is 6.67. The fourth-order valence-corrected chi connectivity index (χ4v) is 2.79. The quantitative estimate of drug-likeness (QED) is 0.748. The number of morpholine rings is 1. The van der Waals surface area contributed by atoms with Crippen molar-refractivity contribution in [3.8, 4) is 0 Å². The molecule has 1 N–H and O–H groups in total. The summed E-state index contributed by atoms with van der Waals surface area (Å²) in [5.41, 5.74) is -0.844.